The van der Waals surface area contributed by atoms with Crippen molar-refractivity contribution in [1.82, 2.24) is 4.98 Å². The second kappa shape index (κ2) is 6.33. The van der Waals surface area contributed by atoms with E-state index in [0.29, 0.717) is 0 Å². The minimum absolute atomic E-state index is 0.258. The normalized spacial score (nSPS) is 13.4. The van der Waals surface area contributed by atoms with Crippen molar-refractivity contribution in [1.29, 1.82) is 0 Å². The van der Waals surface area contributed by atoms with Gasteiger partial charge in [-0.25, -0.2) is 0 Å². The van der Waals surface area contributed by atoms with E-state index in [2.05, 4.69) is 66.5 Å². The molecule has 130 valence electrons. The molecular weight excluding hydrogens is 346 g/mol. The number of benzene rings is 3. The number of rotatable bonds is 2. The molecule has 5 rings (SSSR count). The van der Waals surface area contributed by atoms with E-state index in [0.717, 1.165) is 16.8 Å². The average Bonchev–Trinajstić information content (AvgIpc) is 3.11. The number of hydrogen-bond donors (Lipinski definition) is 0. The van der Waals surface area contributed by atoms with E-state index in [4.69, 9.17) is 4.11 Å². The first kappa shape index (κ1) is 13.2. The third-order valence-corrected chi connectivity index (χ3v) is 6.12. The Hall–Kier alpha value is -2.97. The summed E-state index contributed by atoms with van der Waals surface area (Å²) in [4.78, 5) is 4.40. The molecule has 0 bridgehead atoms. The predicted octanol–water partition coefficient (Wildman–Crippen LogP) is 7.40. The van der Waals surface area contributed by atoms with Gasteiger partial charge in [0, 0.05) is 36.0 Å². The summed E-state index contributed by atoms with van der Waals surface area (Å²) >= 11 is 1.82. The van der Waals surface area contributed by atoms with E-state index in [-0.39, 0.29) is 5.56 Å². The van der Waals surface area contributed by atoms with E-state index in [1.807, 2.05) is 17.4 Å². The number of fused-ring (bicyclic) bond motifs is 3. The van der Waals surface area contributed by atoms with Gasteiger partial charge < -0.3 is 0 Å². The lowest BCUT2D eigenvalue weighted by Crippen LogP contribution is -1.88. The SMILES string of the molecule is [2H]C([2H])([2H])c1ccc(-c2ccc(C)c(-c3ccc4c(c3)sc3ccccc34)c2)nc1. The van der Waals surface area contributed by atoms with E-state index < -0.39 is 6.85 Å². The number of aryl methyl sites for hydroxylation is 2. The minimum Gasteiger partial charge on any atom is -0.256 e. The van der Waals surface area contributed by atoms with Crippen molar-refractivity contribution < 1.29 is 4.11 Å². The Balaban J connectivity index is 1.59. The zero-order chi connectivity index (χ0) is 20.9. The quantitative estimate of drug-likeness (QED) is 0.316. The third kappa shape index (κ3) is 2.83. The molecule has 0 unspecified atom stereocenters. The first-order valence-corrected chi connectivity index (χ1v) is 9.71. The molecular formula is C25H19NS. The Kier molecular flexibility index (Phi) is 3.10. The standard InChI is InChI=1S/C25H19NS/c1-16-7-12-23(26-15-16)19-9-8-17(2)22(13-19)18-10-11-21-20-5-3-4-6-24(20)27-25(21)14-18/h3-15H,1-2H3/i1D3. The summed E-state index contributed by atoms with van der Waals surface area (Å²) in [7, 11) is 0. The second-order valence-corrected chi connectivity index (χ2v) is 7.85. The second-order valence-electron chi connectivity index (χ2n) is 6.77. The lowest BCUT2D eigenvalue weighted by Gasteiger charge is -2.10. The van der Waals surface area contributed by atoms with Crippen LogP contribution in [0.2, 0.25) is 0 Å². The molecule has 0 amide bonds. The molecule has 1 nitrogen and oxygen atoms in total. The molecule has 0 atom stereocenters. The van der Waals surface area contributed by atoms with E-state index in [1.54, 1.807) is 12.1 Å². The average molecular weight is 369 g/mol. The van der Waals surface area contributed by atoms with E-state index in [1.165, 1.54) is 37.5 Å². The fourth-order valence-electron chi connectivity index (χ4n) is 3.55. The van der Waals surface area contributed by atoms with Crippen LogP contribution >= 0.6 is 11.3 Å². The molecule has 2 heteroatoms. The summed E-state index contributed by atoms with van der Waals surface area (Å²) in [6, 6.07) is 24.8. The molecule has 0 aliphatic carbocycles. The molecule has 27 heavy (non-hydrogen) atoms. The number of pyridine rings is 1. The molecule has 0 radical (unpaired) electrons. The highest BCUT2D eigenvalue weighted by atomic mass is 32.1. The van der Waals surface area contributed by atoms with Crippen molar-refractivity contribution in [2.24, 2.45) is 0 Å². The Morgan fingerprint density at radius 3 is 2.52 bits per heavy atom. The maximum Gasteiger partial charge on any atom is 0.0702 e. The molecule has 3 aromatic carbocycles. The van der Waals surface area contributed by atoms with Crippen LogP contribution in [0.4, 0.5) is 0 Å². The van der Waals surface area contributed by atoms with Crippen LogP contribution in [0.25, 0.3) is 42.6 Å². The molecule has 0 aliphatic rings. The zero-order valence-electron chi connectivity index (χ0n) is 17.9. The van der Waals surface area contributed by atoms with Gasteiger partial charge in [-0.1, -0.05) is 48.5 Å². The summed E-state index contributed by atoms with van der Waals surface area (Å²) in [5.41, 5.74) is 5.53. The van der Waals surface area contributed by atoms with Gasteiger partial charge in [0.2, 0.25) is 0 Å². The molecule has 0 fully saturated rings. The highest BCUT2D eigenvalue weighted by molar-refractivity contribution is 7.25. The van der Waals surface area contributed by atoms with Crippen LogP contribution in [0, 0.1) is 13.8 Å². The largest absolute Gasteiger partial charge is 0.256 e. The van der Waals surface area contributed by atoms with Gasteiger partial charge in [-0.15, -0.1) is 11.3 Å². The summed E-state index contributed by atoms with van der Waals surface area (Å²) in [6.45, 7) is -0.0248. The summed E-state index contributed by atoms with van der Waals surface area (Å²) in [6.07, 6.45) is 1.45. The van der Waals surface area contributed by atoms with Crippen molar-refractivity contribution in [3.8, 4) is 22.4 Å². The Bertz CT molecular complexity index is 1380. The van der Waals surface area contributed by atoms with Gasteiger partial charge in [0.05, 0.1) is 5.69 Å². The number of nitrogens with zero attached hydrogens (tertiary/aromatic N) is 1. The fraction of sp³-hybridized carbons (Fsp3) is 0.0800. The molecule has 2 heterocycles. The molecule has 2 aromatic heterocycles. The fourth-order valence-corrected chi connectivity index (χ4v) is 4.70. The van der Waals surface area contributed by atoms with Crippen LogP contribution in [0.5, 0.6) is 0 Å². The minimum atomic E-state index is -2.14. The smallest absolute Gasteiger partial charge is 0.0702 e. The maximum atomic E-state index is 7.52. The van der Waals surface area contributed by atoms with Crippen molar-refractivity contribution in [3.63, 3.8) is 0 Å². The molecule has 0 saturated carbocycles. The van der Waals surface area contributed by atoms with E-state index in [9.17, 15) is 0 Å². The lowest BCUT2D eigenvalue weighted by molar-refractivity contribution is 1.27. The molecule has 0 spiro atoms. The Labute approximate surface area is 167 Å². The molecule has 5 aromatic rings. The Morgan fingerprint density at radius 2 is 1.67 bits per heavy atom. The van der Waals surface area contributed by atoms with Gasteiger partial charge in [-0.3, -0.25) is 4.98 Å². The topological polar surface area (TPSA) is 12.9 Å². The summed E-state index contributed by atoms with van der Waals surface area (Å²) in [5.74, 6) is 0. The highest BCUT2D eigenvalue weighted by Gasteiger charge is 2.09. The van der Waals surface area contributed by atoms with Gasteiger partial charge in [-0.05, 0) is 60.3 Å². The van der Waals surface area contributed by atoms with Gasteiger partial charge >= 0.3 is 0 Å². The van der Waals surface area contributed by atoms with Crippen LogP contribution in [-0.2, 0) is 0 Å². The molecule has 0 aliphatic heterocycles. The summed E-state index contributed by atoms with van der Waals surface area (Å²) < 4.78 is 25.1. The first-order valence-electron chi connectivity index (χ1n) is 10.4. The van der Waals surface area contributed by atoms with Crippen LogP contribution < -0.4 is 0 Å². The molecule has 0 N–H and O–H groups in total. The Morgan fingerprint density at radius 1 is 0.815 bits per heavy atom. The van der Waals surface area contributed by atoms with Crippen molar-refractivity contribution >= 4 is 31.5 Å². The number of aromatic nitrogens is 1. The zero-order valence-corrected chi connectivity index (χ0v) is 15.7. The number of thiophene rings is 1. The van der Waals surface area contributed by atoms with Crippen LogP contribution in [-0.4, -0.2) is 4.98 Å². The third-order valence-electron chi connectivity index (χ3n) is 4.99. The predicted molar refractivity (Wildman–Crippen MR) is 117 cm³/mol. The van der Waals surface area contributed by atoms with Crippen LogP contribution in [0.15, 0.2) is 79.0 Å². The van der Waals surface area contributed by atoms with Crippen molar-refractivity contribution in [2.75, 3.05) is 0 Å². The van der Waals surface area contributed by atoms with Crippen LogP contribution in [0.3, 0.4) is 0 Å². The lowest BCUT2D eigenvalue weighted by atomic mass is 9.96. The van der Waals surface area contributed by atoms with E-state index >= 15 is 0 Å². The van der Waals surface area contributed by atoms with Gasteiger partial charge in [0.15, 0.2) is 0 Å². The van der Waals surface area contributed by atoms with Crippen molar-refractivity contribution in [3.05, 3.63) is 90.1 Å². The van der Waals surface area contributed by atoms with Gasteiger partial charge in [0.25, 0.3) is 0 Å². The van der Waals surface area contributed by atoms with Gasteiger partial charge in [-0.2, -0.15) is 0 Å². The number of hydrogen-bond acceptors (Lipinski definition) is 2. The first-order chi connectivity index (χ1) is 14.4. The van der Waals surface area contributed by atoms with Gasteiger partial charge in [0.1, 0.15) is 0 Å². The molecule has 0 saturated heterocycles. The van der Waals surface area contributed by atoms with Crippen LogP contribution in [0.1, 0.15) is 15.2 Å². The highest BCUT2D eigenvalue weighted by Crippen LogP contribution is 2.37. The monoisotopic (exact) mass is 368 g/mol. The summed E-state index contributed by atoms with van der Waals surface area (Å²) in [5, 5.41) is 2.59. The maximum absolute atomic E-state index is 7.52. The van der Waals surface area contributed by atoms with Crippen molar-refractivity contribution in [2.45, 2.75) is 13.8 Å².